The third kappa shape index (κ3) is 5.27. The molecule has 114 valence electrons. The van der Waals surface area contributed by atoms with E-state index in [0.29, 0.717) is 28.9 Å². The first-order valence-electron chi connectivity index (χ1n) is 7.33. The van der Waals surface area contributed by atoms with Crippen molar-refractivity contribution in [2.75, 3.05) is 5.32 Å². The number of aromatic nitrogens is 2. The van der Waals surface area contributed by atoms with Crippen molar-refractivity contribution < 1.29 is 0 Å². The van der Waals surface area contributed by atoms with Crippen molar-refractivity contribution in [3.05, 3.63) is 21.0 Å². The molecular weight excluding hydrogens is 318 g/mol. The number of hydrogen-bond donors (Lipinski definition) is 1. The predicted octanol–water partition coefficient (Wildman–Crippen LogP) is 3.90. The zero-order valence-corrected chi connectivity index (χ0v) is 14.7. The standard InChI is InChI=1S/C15H26BrN3O/c1-10(2)6-7-12(5)18-13-8-17-19(9-11(3)4)15(20)14(13)16/h8,10-12,18H,6-7,9H2,1-5H3. The van der Waals surface area contributed by atoms with Gasteiger partial charge >= 0.3 is 0 Å². The lowest BCUT2D eigenvalue weighted by atomic mass is 10.0. The fraction of sp³-hybridized carbons (Fsp3) is 0.733. The Morgan fingerprint density at radius 3 is 2.40 bits per heavy atom. The maximum absolute atomic E-state index is 12.2. The molecule has 1 atom stereocenters. The summed E-state index contributed by atoms with van der Waals surface area (Å²) in [5, 5.41) is 7.60. The molecule has 0 saturated heterocycles. The fourth-order valence-electron chi connectivity index (χ4n) is 1.96. The topological polar surface area (TPSA) is 46.9 Å². The van der Waals surface area contributed by atoms with Crippen LogP contribution in [0.5, 0.6) is 0 Å². The molecule has 0 fully saturated rings. The number of nitrogens with one attached hydrogen (secondary N) is 1. The second-order valence-corrected chi connectivity index (χ2v) is 7.06. The molecule has 1 aromatic heterocycles. The van der Waals surface area contributed by atoms with E-state index in [0.717, 1.165) is 12.1 Å². The molecule has 1 aromatic rings. The lowest BCUT2D eigenvalue weighted by Crippen LogP contribution is -2.27. The van der Waals surface area contributed by atoms with Crippen LogP contribution in [0.4, 0.5) is 5.69 Å². The highest BCUT2D eigenvalue weighted by Gasteiger charge is 2.12. The van der Waals surface area contributed by atoms with E-state index in [4.69, 9.17) is 0 Å². The summed E-state index contributed by atoms with van der Waals surface area (Å²) in [6, 6.07) is 0.329. The molecule has 4 nitrogen and oxygen atoms in total. The van der Waals surface area contributed by atoms with Crippen molar-refractivity contribution in [3.63, 3.8) is 0 Å². The smallest absolute Gasteiger partial charge is 0.283 e. The third-order valence-corrected chi connectivity index (χ3v) is 3.87. The van der Waals surface area contributed by atoms with Crippen LogP contribution in [-0.2, 0) is 6.54 Å². The number of hydrogen-bond acceptors (Lipinski definition) is 3. The molecule has 1 heterocycles. The summed E-state index contributed by atoms with van der Waals surface area (Å²) in [5.41, 5.74) is 0.714. The Bertz CT molecular complexity index is 482. The molecule has 1 unspecified atom stereocenters. The minimum Gasteiger partial charge on any atom is -0.380 e. The molecule has 0 amide bonds. The Labute approximate surface area is 130 Å². The van der Waals surface area contributed by atoms with E-state index in [-0.39, 0.29) is 5.56 Å². The summed E-state index contributed by atoms with van der Waals surface area (Å²) in [6.45, 7) is 11.4. The highest BCUT2D eigenvalue weighted by molar-refractivity contribution is 9.10. The maximum atomic E-state index is 12.2. The van der Waals surface area contributed by atoms with Crippen LogP contribution >= 0.6 is 15.9 Å². The largest absolute Gasteiger partial charge is 0.380 e. The van der Waals surface area contributed by atoms with Gasteiger partial charge in [-0.3, -0.25) is 4.79 Å². The van der Waals surface area contributed by atoms with Gasteiger partial charge in [-0.15, -0.1) is 0 Å². The van der Waals surface area contributed by atoms with Gasteiger partial charge in [0.05, 0.1) is 11.9 Å². The van der Waals surface area contributed by atoms with Crippen molar-refractivity contribution in [1.29, 1.82) is 0 Å². The van der Waals surface area contributed by atoms with Crippen molar-refractivity contribution >= 4 is 21.6 Å². The number of anilines is 1. The monoisotopic (exact) mass is 343 g/mol. The van der Waals surface area contributed by atoms with Gasteiger partial charge in [0, 0.05) is 12.6 Å². The summed E-state index contributed by atoms with van der Waals surface area (Å²) in [5.74, 6) is 1.09. The van der Waals surface area contributed by atoms with Crippen LogP contribution in [0.3, 0.4) is 0 Å². The lowest BCUT2D eigenvalue weighted by Gasteiger charge is -2.17. The van der Waals surface area contributed by atoms with Crippen molar-refractivity contribution in [3.8, 4) is 0 Å². The molecule has 0 saturated carbocycles. The van der Waals surface area contributed by atoms with Gasteiger partial charge in [-0.2, -0.15) is 5.10 Å². The molecule has 0 bridgehead atoms. The summed E-state index contributed by atoms with van der Waals surface area (Å²) >= 11 is 3.39. The predicted molar refractivity (Wildman–Crippen MR) is 88.2 cm³/mol. The van der Waals surface area contributed by atoms with Crippen molar-refractivity contribution in [2.45, 2.75) is 60.0 Å². The molecule has 0 spiro atoms. The quantitative estimate of drug-likeness (QED) is 0.816. The minimum atomic E-state index is -0.0697. The van der Waals surface area contributed by atoms with Gasteiger partial charge in [0.15, 0.2) is 0 Å². The van der Waals surface area contributed by atoms with Crippen LogP contribution in [-0.4, -0.2) is 15.8 Å². The average Bonchev–Trinajstić information content (AvgIpc) is 2.35. The molecular formula is C15H26BrN3O. The van der Waals surface area contributed by atoms with E-state index >= 15 is 0 Å². The molecule has 5 heteroatoms. The second kappa shape index (κ2) is 7.81. The molecule has 0 aliphatic carbocycles. The third-order valence-electron chi connectivity index (χ3n) is 3.10. The highest BCUT2D eigenvalue weighted by Crippen LogP contribution is 2.19. The summed E-state index contributed by atoms with van der Waals surface area (Å²) in [7, 11) is 0. The Morgan fingerprint density at radius 1 is 1.20 bits per heavy atom. The molecule has 1 rings (SSSR count). The molecule has 0 aromatic carbocycles. The Balaban J connectivity index is 2.77. The van der Waals surface area contributed by atoms with Crippen LogP contribution in [0, 0.1) is 11.8 Å². The van der Waals surface area contributed by atoms with Crippen molar-refractivity contribution in [2.24, 2.45) is 11.8 Å². The first-order chi connectivity index (χ1) is 9.31. The van der Waals surface area contributed by atoms with Gasteiger partial charge in [-0.25, -0.2) is 4.68 Å². The number of rotatable bonds is 7. The average molecular weight is 344 g/mol. The zero-order chi connectivity index (χ0) is 15.3. The zero-order valence-electron chi connectivity index (χ0n) is 13.1. The van der Waals surface area contributed by atoms with Crippen LogP contribution < -0.4 is 10.9 Å². The Hall–Kier alpha value is -0.840. The van der Waals surface area contributed by atoms with E-state index in [2.05, 4.69) is 61.0 Å². The Morgan fingerprint density at radius 2 is 1.85 bits per heavy atom. The second-order valence-electron chi connectivity index (χ2n) is 6.27. The van der Waals surface area contributed by atoms with Crippen LogP contribution in [0.2, 0.25) is 0 Å². The fourth-order valence-corrected chi connectivity index (χ4v) is 2.38. The van der Waals surface area contributed by atoms with Gasteiger partial charge in [0.1, 0.15) is 4.47 Å². The van der Waals surface area contributed by atoms with E-state index in [9.17, 15) is 4.79 Å². The van der Waals surface area contributed by atoms with Crippen molar-refractivity contribution in [1.82, 2.24) is 9.78 Å². The number of nitrogens with zero attached hydrogens (tertiary/aromatic N) is 2. The van der Waals surface area contributed by atoms with Gasteiger partial charge in [-0.05, 0) is 47.5 Å². The van der Waals surface area contributed by atoms with Crippen LogP contribution in [0.15, 0.2) is 15.5 Å². The molecule has 0 aliphatic rings. The van der Waals surface area contributed by atoms with Crippen LogP contribution in [0.25, 0.3) is 0 Å². The van der Waals surface area contributed by atoms with Crippen LogP contribution in [0.1, 0.15) is 47.5 Å². The minimum absolute atomic E-state index is 0.0697. The normalized spacial score (nSPS) is 13.0. The first kappa shape index (κ1) is 17.2. The van der Waals surface area contributed by atoms with E-state index in [1.165, 1.54) is 11.1 Å². The molecule has 0 aliphatic heterocycles. The number of halogens is 1. The highest BCUT2D eigenvalue weighted by atomic mass is 79.9. The molecule has 1 N–H and O–H groups in total. The first-order valence-corrected chi connectivity index (χ1v) is 8.12. The summed E-state index contributed by atoms with van der Waals surface area (Å²) in [6.07, 6.45) is 3.99. The van der Waals surface area contributed by atoms with Gasteiger partial charge < -0.3 is 5.32 Å². The van der Waals surface area contributed by atoms with E-state index < -0.39 is 0 Å². The van der Waals surface area contributed by atoms with Gasteiger partial charge in [0.2, 0.25) is 0 Å². The van der Waals surface area contributed by atoms with E-state index in [1.54, 1.807) is 6.20 Å². The van der Waals surface area contributed by atoms with Gasteiger partial charge in [-0.1, -0.05) is 27.7 Å². The SMILES string of the molecule is CC(C)CCC(C)Nc1cnn(CC(C)C)c(=O)c1Br. The summed E-state index contributed by atoms with van der Waals surface area (Å²) < 4.78 is 2.09. The Kier molecular flexibility index (Phi) is 6.72. The molecule has 0 radical (unpaired) electrons. The maximum Gasteiger partial charge on any atom is 0.283 e. The van der Waals surface area contributed by atoms with Gasteiger partial charge in [0.25, 0.3) is 5.56 Å². The lowest BCUT2D eigenvalue weighted by molar-refractivity contribution is 0.462. The van der Waals surface area contributed by atoms with E-state index in [1.807, 2.05) is 0 Å². The molecule has 20 heavy (non-hydrogen) atoms. The summed E-state index contributed by atoms with van der Waals surface area (Å²) in [4.78, 5) is 12.2.